The molecule has 0 heterocycles. The summed E-state index contributed by atoms with van der Waals surface area (Å²) < 4.78 is 0. The second-order valence-electron chi connectivity index (χ2n) is 5.81. The minimum absolute atomic E-state index is 0.391. The van der Waals surface area contributed by atoms with E-state index in [9.17, 15) is 5.11 Å². The van der Waals surface area contributed by atoms with Gasteiger partial charge in [0.15, 0.2) is 0 Å². The van der Waals surface area contributed by atoms with Crippen LogP contribution in [0.2, 0.25) is 0 Å². The van der Waals surface area contributed by atoms with E-state index < -0.39 is 6.10 Å². The molecule has 0 saturated carbocycles. The molecule has 1 atom stereocenters. The average Bonchev–Trinajstić information content (AvgIpc) is 2.68. The van der Waals surface area contributed by atoms with E-state index in [0.29, 0.717) is 5.56 Å². The van der Waals surface area contributed by atoms with Gasteiger partial charge in [0.1, 0.15) is 0 Å². The zero-order valence-corrected chi connectivity index (χ0v) is 13.6. The van der Waals surface area contributed by atoms with Gasteiger partial charge in [-0.3, -0.25) is 0 Å². The van der Waals surface area contributed by atoms with Crippen LogP contribution in [0.3, 0.4) is 0 Å². The Morgan fingerprint density at radius 2 is 1.12 bits per heavy atom. The number of aliphatic hydroxyl groups is 1. The summed E-state index contributed by atoms with van der Waals surface area (Å²) in [6.07, 6.45) is 0.330. The molecule has 0 aliphatic heterocycles. The highest BCUT2D eigenvalue weighted by atomic mass is 16.3. The molecule has 2 heteroatoms. The van der Waals surface area contributed by atoms with Crippen LogP contribution in [0, 0.1) is 11.3 Å². The van der Waals surface area contributed by atoms with E-state index in [1.54, 1.807) is 0 Å². The first kappa shape index (κ1) is 16.0. The summed E-state index contributed by atoms with van der Waals surface area (Å²) in [6, 6.07) is 26.2. The Hall–Kier alpha value is -2.89. The number of nitriles is 1. The third-order valence-electron chi connectivity index (χ3n) is 4.25. The van der Waals surface area contributed by atoms with Crippen LogP contribution in [0.5, 0.6) is 0 Å². The summed E-state index contributed by atoms with van der Waals surface area (Å²) in [4.78, 5) is 0. The van der Waals surface area contributed by atoms with Crippen LogP contribution >= 0.6 is 0 Å². The van der Waals surface area contributed by atoms with Crippen molar-refractivity contribution in [3.63, 3.8) is 0 Å². The predicted octanol–water partition coefficient (Wildman–Crippen LogP) is 5.34. The number of hydrogen-bond donors (Lipinski definition) is 1. The maximum atomic E-state index is 9.87. The van der Waals surface area contributed by atoms with E-state index in [2.05, 4.69) is 30.3 Å². The second-order valence-corrected chi connectivity index (χ2v) is 5.81. The fraction of sp³-hybridized carbons (Fsp3) is 0.136. The second kappa shape index (κ2) is 7.12. The molecule has 0 aromatic heterocycles. The lowest BCUT2D eigenvalue weighted by atomic mass is 9.98. The first-order valence-corrected chi connectivity index (χ1v) is 8.10. The molecule has 0 amide bonds. The number of hydrogen-bond acceptors (Lipinski definition) is 2. The van der Waals surface area contributed by atoms with E-state index >= 15 is 0 Å². The first-order chi connectivity index (χ1) is 11.7. The number of nitrogens with zero attached hydrogens (tertiary/aromatic N) is 1. The molecule has 0 saturated heterocycles. The van der Waals surface area contributed by atoms with Gasteiger partial charge in [0.25, 0.3) is 0 Å². The van der Waals surface area contributed by atoms with Gasteiger partial charge >= 0.3 is 0 Å². The molecule has 0 fully saturated rings. The van der Waals surface area contributed by atoms with Gasteiger partial charge in [-0.05, 0) is 46.4 Å². The topological polar surface area (TPSA) is 44.0 Å². The van der Waals surface area contributed by atoms with Gasteiger partial charge in [-0.2, -0.15) is 5.26 Å². The normalized spacial score (nSPS) is 11.7. The summed E-state index contributed by atoms with van der Waals surface area (Å²) in [6.45, 7) is 1.97. The highest BCUT2D eigenvalue weighted by Crippen LogP contribution is 2.26. The molecule has 1 unspecified atom stereocenters. The number of rotatable bonds is 4. The van der Waals surface area contributed by atoms with Gasteiger partial charge < -0.3 is 5.11 Å². The molecule has 0 spiro atoms. The minimum Gasteiger partial charge on any atom is -0.388 e. The Morgan fingerprint density at radius 3 is 1.50 bits per heavy atom. The summed E-state index contributed by atoms with van der Waals surface area (Å²) in [5.74, 6) is 0. The summed E-state index contributed by atoms with van der Waals surface area (Å²) in [5, 5.41) is 18.7. The predicted molar refractivity (Wildman–Crippen MR) is 97.3 cm³/mol. The van der Waals surface area contributed by atoms with Gasteiger partial charge in [0.05, 0.1) is 17.7 Å². The summed E-state index contributed by atoms with van der Waals surface area (Å²) in [5.41, 5.74) is 6.13. The van der Waals surface area contributed by atoms with Crippen LogP contribution in [0.25, 0.3) is 22.3 Å². The van der Waals surface area contributed by atoms with Crippen LogP contribution in [0.4, 0.5) is 0 Å². The molecule has 3 rings (SSSR count). The van der Waals surface area contributed by atoms with Crippen molar-refractivity contribution in [3.05, 3.63) is 83.9 Å². The van der Waals surface area contributed by atoms with E-state index in [1.807, 2.05) is 55.5 Å². The Balaban J connectivity index is 1.82. The maximum Gasteiger partial charge on any atom is 0.0991 e. The van der Waals surface area contributed by atoms with Crippen LogP contribution in [0.15, 0.2) is 72.8 Å². The van der Waals surface area contributed by atoms with Crippen LogP contribution in [0.1, 0.15) is 30.6 Å². The molecular weight excluding hydrogens is 294 g/mol. The number of aliphatic hydroxyl groups excluding tert-OH is 1. The Kier molecular flexibility index (Phi) is 4.74. The van der Waals surface area contributed by atoms with Crippen molar-refractivity contribution in [2.75, 3.05) is 0 Å². The van der Waals surface area contributed by atoms with Gasteiger partial charge in [0, 0.05) is 0 Å². The largest absolute Gasteiger partial charge is 0.388 e. The van der Waals surface area contributed by atoms with Gasteiger partial charge in [0.2, 0.25) is 0 Å². The third-order valence-corrected chi connectivity index (χ3v) is 4.25. The quantitative estimate of drug-likeness (QED) is 0.707. The highest BCUT2D eigenvalue weighted by molar-refractivity contribution is 5.70. The Labute approximate surface area is 142 Å². The van der Waals surface area contributed by atoms with Crippen molar-refractivity contribution in [2.24, 2.45) is 0 Å². The van der Waals surface area contributed by atoms with E-state index in [4.69, 9.17) is 5.26 Å². The fourth-order valence-electron chi connectivity index (χ4n) is 2.73. The minimum atomic E-state index is -0.391. The molecule has 0 aliphatic rings. The van der Waals surface area contributed by atoms with Crippen molar-refractivity contribution >= 4 is 0 Å². The van der Waals surface area contributed by atoms with Crippen LogP contribution in [-0.2, 0) is 0 Å². The first-order valence-electron chi connectivity index (χ1n) is 8.10. The third kappa shape index (κ3) is 3.37. The molecular formula is C22H19NO. The zero-order valence-electron chi connectivity index (χ0n) is 13.6. The van der Waals surface area contributed by atoms with Gasteiger partial charge in [-0.15, -0.1) is 0 Å². The fourth-order valence-corrected chi connectivity index (χ4v) is 2.73. The molecule has 0 radical (unpaired) electrons. The molecule has 3 aromatic rings. The Bertz CT molecular complexity index is 840. The smallest absolute Gasteiger partial charge is 0.0991 e. The van der Waals surface area contributed by atoms with E-state index in [-0.39, 0.29) is 0 Å². The SMILES string of the molecule is CCC(O)c1ccc(-c2ccc(-c3ccc(C#N)cc3)cc2)cc1. The molecule has 3 aromatic carbocycles. The lowest BCUT2D eigenvalue weighted by Gasteiger charge is -2.09. The molecule has 0 aliphatic carbocycles. The van der Waals surface area contributed by atoms with Crippen molar-refractivity contribution in [3.8, 4) is 28.3 Å². The van der Waals surface area contributed by atoms with Crippen LogP contribution in [-0.4, -0.2) is 5.11 Å². The van der Waals surface area contributed by atoms with E-state index in [1.165, 1.54) is 0 Å². The van der Waals surface area contributed by atoms with Crippen molar-refractivity contribution in [2.45, 2.75) is 19.4 Å². The lowest BCUT2D eigenvalue weighted by Crippen LogP contribution is -1.94. The van der Waals surface area contributed by atoms with E-state index in [0.717, 1.165) is 34.2 Å². The number of benzene rings is 3. The summed E-state index contributed by atoms with van der Waals surface area (Å²) >= 11 is 0. The van der Waals surface area contributed by atoms with Crippen molar-refractivity contribution in [1.29, 1.82) is 5.26 Å². The summed E-state index contributed by atoms with van der Waals surface area (Å²) in [7, 11) is 0. The monoisotopic (exact) mass is 313 g/mol. The average molecular weight is 313 g/mol. The standard InChI is InChI=1S/C22H19NO/c1-2-22(24)21-13-11-20(12-14-21)19-9-7-18(8-10-19)17-5-3-16(15-23)4-6-17/h3-14,22,24H,2H2,1H3. The molecule has 0 bridgehead atoms. The van der Waals surface area contributed by atoms with Gasteiger partial charge in [-0.1, -0.05) is 67.6 Å². The molecule has 118 valence electrons. The maximum absolute atomic E-state index is 9.87. The molecule has 2 nitrogen and oxygen atoms in total. The lowest BCUT2D eigenvalue weighted by molar-refractivity contribution is 0.173. The van der Waals surface area contributed by atoms with Gasteiger partial charge in [-0.25, -0.2) is 0 Å². The highest BCUT2D eigenvalue weighted by Gasteiger charge is 2.05. The van der Waals surface area contributed by atoms with Crippen molar-refractivity contribution in [1.82, 2.24) is 0 Å². The molecule has 24 heavy (non-hydrogen) atoms. The Morgan fingerprint density at radius 1 is 0.750 bits per heavy atom. The molecule has 1 N–H and O–H groups in total. The zero-order chi connectivity index (χ0) is 16.9. The van der Waals surface area contributed by atoms with Crippen LogP contribution < -0.4 is 0 Å². The van der Waals surface area contributed by atoms with Crippen molar-refractivity contribution < 1.29 is 5.11 Å².